The second-order valence-electron chi connectivity index (χ2n) is 4.59. The van der Waals surface area contributed by atoms with Crippen molar-refractivity contribution in [2.75, 3.05) is 12.3 Å². The number of aromatic amines is 1. The normalized spacial score (nSPS) is 10.5. The molecule has 2 aromatic heterocycles. The van der Waals surface area contributed by atoms with Crippen LogP contribution in [-0.4, -0.2) is 32.8 Å². The molecule has 8 nitrogen and oxygen atoms in total. The van der Waals surface area contributed by atoms with Gasteiger partial charge in [-0.3, -0.25) is 9.89 Å². The summed E-state index contributed by atoms with van der Waals surface area (Å²) in [7, 11) is 0. The van der Waals surface area contributed by atoms with Crippen molar-refractivity contribution < 1.29 is 9.32 Å². The van der Waals surface area contributed by atoms with Gasteiger partial charge in [0.2, 0.25) is 5.95 Å². The highest BCUT2D eigenvalue weighted by Gasteiger charge is 2.17. The summed E-state index contributed by atoms with van der Waals surface area (Å²) in [6, 6.07) is 9.38. The summed E-state index contributed by atoms with van der Waals surface area (Å²) in [6.07, 6.45) is 1.84. The zero-order chi connectivity index (χ0) is 15.4. The Morgan fingerprint density at radius 3 is 2.86 bits per heavy atom. The SMILES string of the molecule is Nc1n[nH]c(CCNC(=O)c2conc2-c2ccccc2)n1. The molecule has 1 amide bonds. The van der Waals surface area contributed by atoms with Crippen LogP contribution in [0.1, 0.15) is 16.2 Å². The summed E-state index contributed by atoms with van der Waals surface area (Å²) in [5.41, 5.74) is 7.14. The molecule has 3 aromatic rings. The minimum absolute atomic E-state index is 0.187. The first-order valence-corrected chi connectivity index (χ1v) is 6.69. The molecule has 0 unspecified atom stereocenters. The number of nitrogens with zero attached hydrogens (tertiary/aromatic N) is 3. The van der Waals surface area contributed by atoms with E-state index < -0.39 is 0 Å². The maximum atomic E-state index is 12.2. The number of rotatable bonds is 5. The van der Waals surface area contributed by atoms with Crippen LogP contribution in [0.2, 0.25) is 0 Å². The van der Waals surface area contributed by atoms with Crippen LogP contribution in [0.25, 0.3) is 11.3 Å². The van der Waals surface area contributed by atoms with Crippen molar-refractivity contribution >= 4 is 11.9 Å². The van der Waals surface area contributed by atoms with E-state index in [2.05, 4.69) is 25.7 Å². The molecule has 0 aliphatic carbocycles. The number of H-pyrrole nitrogens is 1. The lowest BCUT2D eigenvalue weighted by atomic mass is 10.1. The number of aromatic nitrogens is 4. The molecule has 0 spiro atoms. The highest BCUT2D eigenvalue weighted by molar-refractivity contribution is 5.99. The van der Waals surface area contributed by atoms with Crippen LogP contribution in [0, 0.1) is 0 Å². The third kappa shape index (κ3) is 2.95. The first kappa shape index (κ1) is 13.8. The van der Waals surface area contributed by atoms with Gasteiger partial charge >= 0.3 is 0 Å². The first-order chi connectivity index (χ1) is 10.7. The fourth-order valence-electron chi connectivity index (χ4n) is 2.01. The lowest BCUT2D eigenvalue weighted by Crippen LogP contribution is -2.26. The number of nitrogens with two attached hydrogens (primary N) is 1. The Hall–Kier alpha value is -3.16. The molecule has 1 aromatic carbocycles. The Balaban J connectivity index is 1.65. The third-order valence-electron chi connectivity index (χ3n) is 3.06. The maximum Gasteiger partial charge on any atom is 0.256 e. The summed E-state index contributed by atoms with van der Waals surface area (Å²) in [5.74, 6) is 0.547. The molecule has 0 saturated carbocycles. The minimum atomic E-state index is -0.257. The molecule has 112 valence electrons. The fourth-order valence-corrected chi connectivity index (χ4v) is 2.01. The van der Waals surface area contributed by atoms with E-state index in [-0.39, 0.29) is 11.9 Å². The predicted molar refractivity (Wildman–Crippen MR) is 78.8 cm³/mol. The van der Waals surface area contributed by atoms with Crippen molar-refractivity contribution in [3.05, 3.63) is 48.0 Å². The van der Waals surface area contributed by atoms with Gasteiger partial charge in [0, 0.05) is 18.5 Å². The molecule has 0 aliphatic rings. The summed E-state index contributed by atoms with van der Waals surface area (Å²) in [5, 5.41) is 13.1. The summed E-state index contributed by atoms with van der Waals surface area (Å²) >= 11 is 0. The Morgan fingerprint density at radius 1 is 1.32 bits per heavy atom. The van der Waals surface area contributed by atoms with E-state index in [4.69, 9.17) is 10.3 Å². The average molecular weight is 298 g/mol. The topological polar surface area (TPSA) is 123 Å². The van der Waals surface area contributed by atoms with Crippen LogP contribution in [0.15, 0.2) is 41.1 Å². The quantitative estimate of drug-likeness (QED) is 0.646. The van der Waals surface area contributed by atoms with Crippen LogP contribution in [0.4, 0.5) is 5.95 Å². The van der Waals surface area contributed by atoms with E-state index in [1.165, 1.54) is 6.26 Å². The third-order valence-corrected chi connectivity index (χ3v) is 3.06. The van der Waals surface area contributed by atoms with Gasteiger partial charge in [-0.1, -0.05) is 35.5 Å². The summed E-state index contributed by atoms with van der Waals surface area (Å²) in [4.78, 5) is 16.2. The molecule has 22 heavy (non-hydrogen) atoms. The predicted octanol–water partition coefficient (Wildman–Crippen LogP) is 1.01. The van der Waals surface area contributed by atoms with Gasteiger partial charge in [0.05, 0.1) is 0 Å². The summed E-state index contributed by atoms with van der Waals surface area (Å²) < 4.78 is 4.93. The van der Waals surface area contributed by atoms with Gasteiger partial charge in [0.1, 0.15) is 23.3 Å². The van der Waals surface area contributed by atoms with Crippen molar-refractivity contribution in [3.63, 3.8) is 0 Å². The number of anilines is 1. The zero-order valence-electron chi connectivity index (χ0n) is 11.6. The van der Waals surface area contributed by atoms with Crippen molar-refractivity contribution in [2.45, 2.75) is 6.42 Å². The van der Waals surface area contributed by atoms with E-state index in [1.54, 1.807) is 0 Å². The van der Waals surface area contributed by atoms with E-state index in [0.717, 1.165) is 5.56 Å². The van der Waals surface area contributed by atoms with Gasteiger partial charge in [0.25, 0.3) is 5.91 Å². The van der Waals surface area contributed by atoms with Crippen LogP contribution in [-0.2, 0) is 6.42 Å². The van der Waals surface area contributed by atoms with Crippen molar-refractivity contribution in [1.29, 1.82) is 0 Å². The molecule has 8 heteroatoms. The van der Waals surface area contributed by atoms with Gasteiger partial charge in [-0.25, -0.2) is 0 Å². The standard InChI is InChI=1S/C14H14N6O2/c15-14-17-11(18-19-14)6-7-16-13(21)10-8-22-20-12(10)9-4-2-1-3-5-9/h1-5,8H,6-7H2,(H,16,21)(H3,15,17,18,19). The first-order valence-electron chi connectivity index (χ1n) is 6.69. The molecule has 4 N–H and O–H groups in total. The van der Waals surface area contributed by atoms with E-state index in [1.807, 2.05) is 30.3 Å². The Bertz CT molecular complexity index is 765. The average Bonchev–Trinajstić information content (AvgIpc) is 3.17. The van der Waals surface area contributed by atoms with Gasteiger partial charge in [0.15, 0.2) is 0 Å². The molecule has 2 heterocycles. The van der Waals surface area contributed by atoms with Crippen LogP contribution in [0.5, 0.6) is 0 Å². The van der Waals surface area contributed by atoms with Gasteiger partial charge in [-0.05, 0) is 0 Å². The number of hydrogen-bond donors (Lipinski definition) is 3. The summed E-state index contributed by atoms with van der Waals surface area (Å²) in [6.45, 7) is 0.396. The lowest BCUT2D eigenvalue weighted by molar-refractivity contribution is 0.0954. The number of nitrogens with one attached hydrogen (secondary N) is 2. The van der Waals surface area contributed by atoms with Crippen molar-refractivity contribution in [2.24, 2.45) is 0 Å². The number of amides is 1. The Labute approximate surface area is 125 Å². The van der Waals surface area contributed by atoms with Crippen LogP contribution in [0.3, 0.4) is 0 Å². The molecule has 0 aliphatic heterocycles. The van der Waals surface area contributed by atoms with Crippen molar-refractivity contribution in [1.82, 2.24) is 25.7 Å². The molecule has 0 atom stereocenters. The molecule has 0 fully saturated rings. The zero-order valence-corrected chi connectivity index (χ0v) is 11.6. The number of benzene rings is 1. The maximum absolute atomic E-state index is 12.2. The number of nitrogen functional groups attached to an aromatic ring is 1. The van der Waals surface area contributed by atoms with Gasteiger partial charge in [-0.2, -0.15) is 4.98 Å². The van der Waals surface area contributed by atoms with E-state index >= 15 is 0 Å². The lowest BCUT2D eigenvalue weighted by Gasteiger charge is -2.03. The molecular formula is C14H14N6O2. The van der Waals surface area contributed by atoms with Crippen LogP contribution < -0.4 is 11.1 Å². The largest absolute Gasteiger partial charge is 0.367 e. The molecule has 0 radical (unpaired) electrons. The smallest absolute Gasteiger partial charge is 0.256 e. The Kier molecular flexibility index (Phi) is 3.82. The van der Waals surface area contributed by atoms with Crippen molar-refractivity contribution in [3.8, 4) is 11.3 Å². The van der Waals surface area contributed by atoms with Gasteiger partial charge in [-0.15, -0.1) is 5.10 Å². The van der Waals surface area contributed by atoms with E-state index in [9.17, 15) is 4.79 Å². The molecule has 3 rings (SSSR count). The monoisotopic (exact) mass is 298 g/mol. The Morgan fingerprint density at radius 2 is 2.14 bits per heavy atom. The number of hydrogen-bond acceptors (Lipinski definition) is 6. The molecular weight excluding hydrogens is 284 g/mol. The minimum Gasteiger partial charge on any atom is -0.367 e. The number of carbonyl (C=O) groups excluding carboxylic acids is 1. The highest BCUT2D eigenvalue weighted by atomic mass is 16.5. The highest BCUT2D eigenvalue weighted by Crippen LogP contribution is 2.21. The van der Waals surface area contributed by atoms with E-state index in [0.29, 0.717) is 30.0 Å². The fraction of sp³-hybridized carbons (Fsp3) is 0.143. The number of carbonyl (C=O) groups is 1. The molecule has 0 bridgehead atoms. The van der Waals surface area contributed by atoms with Gasteiger partial charge < -0.3 is 15.6 Å². The molecule has 0 saturated heterocycles. The second kappa shape index (κ2) is 6.08. The second-order valence-corrected chi connectivity index (χ2v) is 4.59. The van der Waals surface area contributed by atoms with Crippen LogP contribution >= 0.6 is 0 Å².